The first-order chi connectivity index (χ1) is 9.11. The molecule has 19 heavy (non-hydrogen) atoms. The van der Waals surface area contributed by atoms with Crippen molar-refractivity contribution in [1.82, 2.24) is 4.31 Å². The van der Waals surface area contributed by atoms with Crippen molar-refractivity contribution in [2.75, 3.05) is 18.9 Å². The van der Waals surface area contributed by atoms with E-state index in [0.717, 1.165) is 12.2 Å². The lowest BCUT2D eigenvalue weighted by atomic mass is 10.3. The minimum absolute atomic E-state index is 0.187. The van der Waals surface area contributed by atoms with E-state index >= 15 is 0 Å². The molecule has 0 aliphatic carbocycles. The van der Waals surface area contributed by atoms with Crippen molar-refractivity contribution < 1.29 is 13.2 Å². The Hall–Kier alpha value is -0.720. The van der Waals surface area contributed by atoms with Crippen molar-refractivity contribution >= 4 is 21.8 Å². The second-order valence-electron chi connectivity index (χ2n) is 4.82. The Bertz CT molecular complexity index is 556. The second-order valence-corrected chi connectivity index (χ2v) is 8.05. The highest BCUT2D eigenvalue weighted by atomic mass is 32.2. The van der Waals surface area contributed by atoms with E-state index in [1.807, 2.05) is 18.7 Å². The number of thioether (sulfide) groups is 1. The molecule has 0 N–H and O–H groups in total. The third-order valence-corrected chi connectivity index (χ3v) is 6.91. The maximum absolute atomic E-state index is 12.6. The van der Waals surface area contributed by atoms with Gasteiger partial charge in [-0.25, -0.2) is 8.42 Å². The van der Waals surface area contributed by atoms with Crippen LogP contribution in [-0.4, -0.2) is 42.9 Å². The lowest BCUT2D eigenvalue weighted by molar-refractivity contribution is 0.340. The maximum Gasteiger partial charge on any atom is 0.243 e. The van der Waals surface area contributed by atoms with Crippen LogP contribution in [0.15, 0.2) is 29.2 Å². The number of benzene rings is 1. The number of fused-ring (bicyclic) bond motifs is 2. The number of hydrogen-bond donors (Lipinski definition) is 0. The van der Waals surface area contributed by atoms with Gasteiger partial charge < -0.3 is 4.74 Å². The summed E-state index contributed by atoms with van der Waals surface area (Å²) < 4.78 is 32.1. The molecule has 1 aromatic carbocycles. The molecular weight excluding hydrogens is 282 g/mol. The molecule has 2 aliphatic rings. The minimum atomic E-state index is -3.34. The van der Waals surface area contributed by atoms with E-state index in [2.05, 4.69) is 0 Å². The van der Waals surface area contributed by atoms with Crippen LogP contribution < -0.4 is 4.74 Å². The average molecular weight is 299 g/mol. The van der Waals surface area contributed by atoms with E-state index in [1.54, 1.807) is 28.6 Å². The molecule has 0 radical (unpaired) electrons. The smallest absolute Gasteiger partial charge is 0.243 e. The Morgan fingerprint density at radius 3 is 2.63 bits per heavy atom. The zero-order valence-electron chi connectivity index (χ0n) is 10.8. The summed E-state index contributed by atoms with van der Waals surface area (Å²) in [6.07, 6.45) is 1.00. The van der Waals surface area contributed by atoms with Gasteiger partial charge in [-0.3, -0.25) is 0 Å². The summed E-state index contributed by atoms with van der Waals surface area (Å²) in [5.41, 5.74) is 0. The van der Waals surface area contributed by atoms with E-state index in [4.69, 9.17) is 4.74 Å². The number of sulfonamides is 1. The predicted molar refractivity (Wildman–Crippen MR) is 76.2 cm³/mol. The van der Waals surface area contributed by atoms with Crippen LogP contribution in [0.1, 0.15) is 13.3 Å². The Morgan fingerprint density at radius 2 is 2.11 bits per heavy atom. The highest BCUT2D eigenvalue weighted by molar-refractivity contribution is 8.00. The Balaban J connectivity index is 1.84. The van der Waals surface area contributed by atoms with Crippen LogP contribution in [0.4, 0.5) is 0 Å². The molecule has 2 unspecified atom stereocenters. The molecule has 0 aromatic heterocycles. The fraction of sp³-hybridized carbons (Fsp3) is 0.538. The van der Waals surface area contributed by atoms with Crippen LogP contribution in [0.5, 0.6) is 5.75 Å². The first kappa shape index (κ1) is 13.3. The lowest BCUT2D eigenvalue weighted by Gasteiger charge is -2.25. The SMILES string of the molecule is CCOc1ccc(S(=O)(=O)N2CC3CC2CS3)cc1. The Labute approximate surface area is 118 Å². The van der Waals surface area contributed by atoms with Crippen LogP contribution in [-0.2, 0) is 10.0 Å². The van der Waals surface area contributed by atoms with Gasteiger partial charge in [0, 0.05) is 23.6 Å². The van der Waals surface area contributed by atoms with Crippen LogP contribution in [0, 0.1) is 0 Å². The number of rotatable bonds is 4. The minimum Gasteiger partial charge on any atom is -0.494 e. The van der Waals surface area contributed by atoms with Crippen molar-refractivity contribution in [3.63, 3.8) is 0 Å². The van der Waals surface area contributed by atoms with Crippen molar-refractivity contribution in [1.29, 1.82) is 0 Å². The normalized spacial score (nSPS) is 26.8. The molecule has 3 rings (SSSR count). The standard InChI is InChI=1S/C13H17NO3S2/c1-2-17-11-3-5-13(6-4-11)19(15,16)14-8-12-7-10(14)9-18-12/h3-6,10,12H,2,7-9H2,1H3. The van der Waals surface area contributed by atoms with Gasteiger partial charge in [0.2, 0.25) is 10.0 Å². The summed E-state index contributed by atoms with van der Waals surface area (Å²) in [4.78, 5) is 0.369. The average Bonchev–Trinajstić information content (AvgIpc) is 3.02. The molecule has 2 atom stereocenters. The summed E-state index contributed by atoms with van der Waals surface area (Å²) in [6, 6.07) is 6.91. The summed E-state index contributed by atoms with van der Waals surface area (Å²) >= 11 is 1.89. The maximum atomic E-state index is 12.6. The molecule has 2 heterocycles. The van der Waals surface area contributed by atoms with Gasteiger partial charge in [-0.05, 0) is 37.6 Å². The van der Waals surface area contributed by atoms with E-state index in [1.165, 1.54) is 0 Å². The second kappa shape index (κ2) is 5.00. The molecule has 2 bridgehead atoms. The number of hydrogen-bond acceptors (Lipinski definition) is 4. The van der Waals surface area contributed by atoms with Crippen LogP contribution in [0.3, 0.4) is 0 Å². The molecule has 2 saturated heterocycles. The molecule has 2 aliphatic heterocycles. The molecule has 0 saturated carbocycles. The van der Waals surface area contributed by atoms with Gasteiger partial charge in [0.25, 0.3) is 0 Å². The van der Waals surface area contributed by atoms with Crippen molar-refractivity contribution in [2.45, 2.75) is 29.5 Å². The van der Waals surface area contributed by atoms with Crippen molar-refractivity contribution in [3.8, 4) is 5.75 Å². The molecule has 0 spiro atoms. The van der Waals surface area contributed by atoms with Crippen molar-refractivity contribution in [2.24, 2.45) is 0 Å². The Kier molecular flexibility index (Phi) is 3.49. The molecule has 104 valence electrons. The zero-order chi connectivity index (χ0) is 13.5. The fourth-order valence-electron chi connectivity index (χ4n) is 2.67. The molecule has 1 aromatic rings. The van der Waals surface area contributed by atoms with Gasteiger partial charge in [0.1, 0.15) is 5.75 Å². The topological polar surface area (TPSA) is 46.6 Å². The van der Waals surface area contributed by atoms with Gasteiger partial charge in [-0.15, -0.1) is 0 Å². The molecule has 4 nitrogen and oxygen atoms in total. The van der Waals surface area contributed by atoms with Crippen molar-refractivity contribution in [3.05, 3.63) is 24.3 Å². The van der Waals surface area contributed by atoms with Gasteiger partial charge >= 0.3 is 0 Å². The van der Waals surface area contributed by atoms with Crippen LogP contribution >= 0.6 is 11.8 Å². The third-order valence-electron chi connectivity index (χ3n) is 3.59. The molecule has 0 amide bonds. The summed E-state index contributed by atoms with van der Waals surface area (Å²) in [7, 11) is -3.34. The lowest BCUT2D eigenvalue weighted by Crippen LogP contribution is -2.39. The van der Waals surface area contributed by atoms with Crippen LogP contribution in [0.2, 0.25) is 0 Å². The third kappa shape index (κ3) is 2.37. The Morgan fingerprint density at radius 1 is 1.37 bits per heavy atom. The predicted octanol–water partition coefficient (Wildman–Crippen LogP) is 1.96. The molecule has 2 fully saturated rings. The summed E-state index contributed by atoms with van der Waals surface area (Å²) in [5, 5.41) is 0.488. The van der Waals surface area contributed by atoms with Crippen LogP contribution in [0.25, 0.3) is 0 Å². The summed E-state index contributed by atoms with van der Waals surface area (Å²) in [6.45, 7) is 3.15. The van der Waals surface area contributed by atoms with E-state index in [-0.39, 0.29) is 6.04 Å². The highest BCUT2D eigenvalue weighted by Gasteiger charge is 2.44. The largest absolute Gasteiger partial charge is 0.494 e. The highest BCUT2D eigenvalue weighted by Crippen LogP contribution is 2.40. The van der Waals surface area contributed by atoms with Gasteiger partial charge in [0.05, 0.1) is 11.5 Å². The zero-order valence-corrected chi connectivity index (χ0v) is 12.4. The fourth-order valence-corrected chi connectivity index (χ4v) is 5.97. The monoisotopic (exact) mass is 299 g/mol. The van der Waals surface area contributed by atoms with E-state index < -0.39 is 10.0 Å². The first-order valence-corrected chi connectivity index (χ1v) is 8.96. The van der Waals surface area contributed by atoms with Gasteiger partial charge in [-0.2, -0.15) is 16.1 Å². The summed E-state index contributed by atoms with van der Waals surface area (Å²) in [5.74, 6) is 1.64. The van der Waals surface area contributed by atoms with E-state index in [9.17, 15) is 8.42 Å². The quantitative estimate of drug-likeness (QED) is 0.853. The van der Waals surface area contributed by atoms with E-state index in [0.29, 0.717) is 29.0 Å². The number of ether oxygens (including phenoxy) is 1. The number of nitrogens with zero attached hydrogens (tertiary/aromatic N) is 1. The molecule has 6 heteroatoms. The van der Waals surface area contributed by atoms with Gasteiger partial charge in [0.15, 0.2) is 0 Å². The first-order valence-electron chi connectivity index (χ1n) is 6.47. The molecular formula is C13H17NO3S2. The van der Waals surface area contributed by atoms with Gasteiger partial charge in [-0.1, -0.05) is 0 Å².